The lowest BCUT2D eigenvalue weighted by molar-refractivity contribution is -0.0142. The molecule has 37 heavy (non-hydrogen) atoms. The fourth-order valence-electron chi connectivity index (χ4n) is 6.90. The first-order valence-corrected chi connectivity index (χ1v) is 13.0. The second kappa shape index (κ2) is 8.80. The second-order valence-electron chi connectivity index (χ2n) is 10.7. The van der Waals surface area contributed by atoms with Crippen LogP contribution in [0.4, 0.5) is 8.78 Å². The highest BCUT2D eigenvalue weighted by Crippen LogP contribution is 2.53. The molecule has 2 aliphatic rings. The maximum absolute atomic E-state index is 14.1. The molecule has 0 bridgehead atoms. The Morgan fingerprint density at radius 3 is 2.22 bits per heavy atom. The molecule has 1 aromatic heterocycles. The number of hydrogen-bond acceptors (Lipinski definition) is 2. The van der Waals surface area contributed by atoms with Gasteiger partial charge in [0, 0.05) is 40.3 Å². The predicted molar refractivity (Wildman–Crippen MR) is 141 cm³/mol. The minimum atomic E-state index is -0.736. The molecule has 1 fully saturated rings. The van der Waals surface area contributed by atoms with Crippen LogP contribution in [0.2, 0.25) is 0 Å². The summed E-state index contributed by atoms with van der Waals surface area (Å²) < 4.78 is 28.2. The Bertz CT molecular complexity index is 1450. The fraction of sp³-hybridized carbons (Fsp3) is 0.323. The summed E-state index contributed by atoms with van der Waals surface area (Å²) in [6.45, 7) is 0.506. The molecule has 6 heteroatoms. The number of benzene rings is 3. The first kappa shape index (κ1) is 23.9. The van der Waals surface area contributed by atoms with Crippen molar-refractivity contribution in [3.05, 3.63) is 107 Å². The zero-order valence-electron chi connectivity index (χ0n) is 21.2. The van der Waals surface area contributed by atoms with Gasteiger partial charge in [-0.2, -0.15) is 0 Å². The summed E-state index contributed by atoms with van der Waals surface area (Å²) in [6.07, 6.45) is 3.87. The van der Waals surface area contributed by atoms with Gasteiger partial charge in [0.25, 0.3) is 5.91 Å². The van der Waals surface area contributed by atoms with E-state index in [1.165, 1.54) is 16.5 Å². The van der Waals surface area contributed by atoms with Crippen molar-refractivity contribution in [1.82, 2.24) is 14.8 Å². The van der Waals surface area contributed by atoms with Crippen molar-refractivity contribution in [1.29, 1.82) is 0 Å². The smallest absolute Gasteiger partial charge is 0.254 e. The van der Waals surface area contributed by atoms with E-state index >= 15 is 0 Å². The van der Waals surface area contributed by atoms with Crippen LogP contribution in [0.15, 0.2) is 72.8 Å². The van der Waals surface area contributed by atoms with Gasteiger partial charge in [0.1, 0.15) is 11.6 Å². The van der Waals surface area contributed by atoms with Crippen molar-refractivity contribution in [3.63, 3.8) is 0 Å². The summed E-state index contributed by atoms with van der Waals surface area (Å²) in [5, 5.41) is 1.19. The molecule has 0 radical (unpaired) electrons. The van der Waals surface area contributed by atoms with Crippen LogP contribution in [-0.2, 0) is 17.5 Å². The standard InChI is InChI=1S/C31H31F2N3O/c1-35(2)30(22-8-4-3-5-9-22)13-15-31(16-14-30)28-26(25-10-6-7-11-27(25)34-28)12-17-36(31)29(37)21-18-23(32)20-24(33)19-21/h3-11,18-20,34H,12-17H2,1-2H3. The number of rotatable bonds is 3. The Morgan fingerprint density at radius 1 is 0.892 bits per heavy atom. The molecular weight excluding hydrogens is 468 g/mol. The lowest BCUT2D eigenvalue weighted by atomic mass is 9.65. The van der Waals surface area contributed by atoms with Gasteiger partial charge in [-0.05, 0) is 75.5 Å². The number of aromatic nitrogens is 1. The minimum absolute atomic E-state index is 0.0592. The molecule has 1 aliphatic heterocycles. The van der Waals surface area contributed by atoms with Crippen LogP contribution in [0, 0.1) is 11.6 Å². The van der Waals surface area contributed by atoms with Crippen LogP contribution in [0.25, 0.3) is 10.9 Å². The molecule has 1 spiro atoms. The summed E-state index contributed by atoms with van der Waals surface area (Å²) in [6, 6.07) is 21.9. The minimum Gasteiger partial charge on any atom is -0.356 e. The average Bonchev–Trinajstić information content (AvgIpc) is 3.29. The summed E-state index contributed by atoms with van der Waals surface area (Å²) in [5.74, 6) is -1.79. The first-order chi connectivity index (χ1) is 17.8. The molecule has 1 N–H and O–H groups in total. The Balaban J connectivity index is 1.47. The predicted octanol–water partition coefficient (Wildman–Crippen LogP) is 6.37. The monoisotopic (exact) mass is 499 g/mol. The van der Waals surface area contributed by atoms with Gasteiger partial charge in [-0.3, -0.25) is 9.69 Å². The van der Waals surface area contributed by atoms with Crippen LogP contribution >= 0.6 is 0 Å². The highest BCUT2D eigenvalue weighted by atomic mass is 19.1. The first-order valence-electron chi connectivity index (χ1n) is 13.0. The van der Waals surface area contributed by atoms with Crippen molar-refractivity contribution >= 4 is 16.8 Å². The number of nitrogens with zero attached hydrogens (tertiary/aromatic N) is 2. The molecule has 1 amide bonds. The second-order valence-corrected chi connectivity index (χ2v) is 10.7. The van der Waals surface area contributed by atoms with E-state index in [-0.39, 0.29) is 17.0 Å². The third kappa shape index (κ3) is 3.69. The maximum atomic E-state index is 14.1. The van der Waals surface area contributed by atoms with Gasteiger partial charge >= 0.3 is 0 Å². The maximum Gasteiger partial charge on any atom is 0.254 e. The molecule has 4 nitrogen and oxygen atoms in total. The summed E-state index contributed by atoms with van der Waals surface area (Å²) >= 11 is 0. The number of fused-ring (bicyclic) bond motifs is 4. The molecule has 1 aliphatic carbocycles. The molecule has 6 rings (SSSR count). The van der Waals surface area contributed by atoms with E-state index in [9.17, 15) is 13.6 Å². The zero-order chi connectivity index (χ0) is 25.8. The van der Waals surface area contributed by atoms with Gasteiger partial charge in [0.15, 0.2) is 0 Å². The third-order valence-corrected chi connectivity index (χ3v) is 8.81. The van der Waals surface area contributed by atoms with Gasteiger partial charge in [0.05, 0.1) is 5.54 Å². The number of H-pyrrole nitrogens is 1. The van der Waals surface area contributed by atoms with Crippen molar-refractivity contribution < 1.29 is 13.6 Å². The molecular formula is C31H31F2N3O. The van der Waals surface area contributed by atoms with Crippen molar-refractivity contribution in [3.8, 4) is 0 Å². The van der Waals surface area contributed by atoms with E-state index < -0.39 is 17.2 Å². The van der Waals surface area contributed by atoms with Crippen LogP contribution in [0.3, 0.4) is 0 Å². The number of carbonyl (C=O) groups is 1. The van der Waals surface area contributed by atoms with Crippen LogP contribution in [0.5, 0.6) is 0 Å². The summed E-state index contributed by atoms with van der Waals surface area (Å²) in [4.78, 5) is 21.8. The Hall–Kier alpha value is -3.51. The summed E-state index contributed by atoms with van der Waals surface area (Å²) in [7, 11) is 4.25. The lowest BCUT2D eigenvalue weighted by Crippen LogP contribution is -2.58. The lowest BCUT2D eigenvalue weighted by Gasteiger charge is -2.55. The molecule has 4 aromatic rings. The Labute approximate surface area is 215 Å². The van der Waals surface area contributed by atoms with E-state index in [0.29, 0.717) is 13.0 Å². The quantitative estimate of drug-likeness (QED) is 0.356. The number of amides is 1. The van der Waals surface area contributed by atoms with E-state index in [0.717, 1.165) is 55.1 Å². The third-order valence-electron chi connectivity index (χ3n) is 8.81. The molecule has 3 aromatic carbocycles. The number of halogens is 2. The number of para-hydroxylation sites is 1. The number of hydrogen-bond donors (Lipinski definition) is 1. The van der Waals surface area contributed by atoms with E-state index in [1.54, 1.807) is 0 Å². The average molecular weight is 500 g/mol. The molecule has 0 unspecified atom stereocenters. The van der Waals surface area contributed by atoms with Crippen molar-refractivity contribution in [2.24, 2.45) is 0 Å². The van der Waals surface area contributed by atoms with E-state index in [2.05, 4.69) is 60.4 Å². The number of aromatic amines is 1. The number of carbonyl (C=O) groups excluding carboxylic acids is 1. The van der Waals surface area contributed by atoms with Crippen molar-refractivity contribution in [2.45, 2.75) is 43.2 Å². The largest absolute Gasteiger partial charge is 0.356 e. The van der Waals surface area contributed by atoms with Crippen LogP contribution in [-0.4, -0.2) is 41.3 Å². The molecule has 0 saturated heterocycles. The molecule has 190 valence electrons. The highest BCUT2D eigenvalue weighted by molar-refractivity contribution is 5.96. The van der Waals surface area contributed by atoms with Crippen LogP contribution in [0.1, 0.15) is 52.9 Å². The number of nitrogens with one attached hydrogen (secondary N) is 1. The van der Waals surface area contributed by atoms with Gasteiger partial charge in [0.2, 0.25) is 0 Å². The normalized spacial score (nSPS) is 23.5. The van der Waals surface area contributed by atoms with Gasteiger partial charge < -0.3 is 9.88 Å². The Kier molecular flexibility index (Phi) is 5.68. The van der Waals surface area contributed by atoms with Gasteiger partial charge in [-0.1, -0.05) is 48.5 Å². The van der Waals surface area contributed by atoms with Gasteiger partial charge in [-0.25, -0.2) is 8.78 Å². The highest BCUT2D eigenvalue weighted by Gasteiger charge is 2.53. The zero-order valence-corrected chi connectivity index (χ0v) is 21.2. The summed E-state index contributed by atoms with van der Waals surface area (Å²) in [5.41, 5.74) is 3.98. The topological polar surface area (TPSA) is 39.3 Å². The van der Waals surface area contributed by atoms with E-state index in [1.807, 2.05) is 23.1 Å². The molecule has 0 atom stereocenters. The Morgan fingerprint density at radius 2 is 1.54 bits per heavy atom. The SMILES string of the molecule is CN(C)C1(c2ccccc2)CCC2(CC1)c1[nH]c3ccccc3c1CCN2C(=O)c1cc(F)cc(F)c1. The molecule has 2 heterocycles. The van der Waals surface area contributed by atoms with E-state index in [4.69, 9.17) is 0 Å². The fourth-order valence-corrected chi connectivity index (χ4v) is 6.90. The van der Waals surface area contributed by atoms with Crippen LogP contribution < -0.4 is 0 Å². The molecule has 1 saturated carbocycles. The van der Waals surface area contributed by atoms with Gasteiger partial charge in [-0.15, -0.1) is 0 Å². The van der Waals surface area contributed by atoms with Crippen molar-refractivity contribution in [2.75, 3.05) is 20.6 Å².